The van der Waals surface area contributed by atoms with E-state index in [-0.39, 0.29) is 71.7 Å². The van der Waals surface area contributed by atoms with E-state index >= 15 is 0 Å². The van der Waals surface area contributed by atoms with E-state index in [2.05, 4.69) is 46.5 Å². The molecule has 0 aromatic rings. The number of rotatable bonds is 8. The maximum absolute atomic E-state index is 12.8. The van der Waals surface area contributed by atoms with Gasteiger partial charge in [0.25, 0.3) is 0 Å². The third-order valence-corrected chi connectivity index (χ3v) is 6.93. The summed E-state index contributed by atoms with van der Waals surface area (Å²) in [4.78, 5) is 34.1. The highest BCUT2D eigenvalue weighted by atomic mass is 127. The summed E-state index contributed by atoms with van der Waals surface area (Å²) in [5.41, 5.74) is 0. The van der Waals surface area contributed by atoms with Crippen molar-refractivity contribution in [1.82, 2.24) is 20.4 Å². The number of hydrogen-bond donors (Lipinski definition) is 2. The number of ether oxygens (including phenoxy) is 1. The predicted octanol–water partition coefficient (Wildman–Crippen LogP) is 1.47. The van der Waals surface area contributed by atoms with Gasteiger partial charge in [-0.2, -0.15) is 0 Å². The summed E-state index contributed by atoms with van der Waals surface area (Å²) in [6, 6.07) is 0. The van der Waals surface area contributed by atoms with E-state index in [0.29, 0.717) is 13.1 Å². The minimum absolute atomic E-state index is 0. The Bertz CT molecular complexity index is 705. The first kappa shape index (κ1) is 25.4. The van der Waals surface area contributed by atoms with Crippen molar-refractivity contribution in [3.05, 3.63) is 12.2 Å². The van der Waals surface area contributed by atoms with Gasteiger partial charge in [-0.25, -0.2) is 0 Å². The van der Waals surface area contributed by atoms with E-state index in [1.807, 2.05) is 6.92 Å². The van der Waals surface area contributed by atoms with E-state index in [0.717, 1.165) is 51.5 Å². The van der Waals surface area contributed by atoms with Crippen LogP contribution in [0.4, 0.5) is 0 Å². The number of guanidine groups is 1. The zero-order valence-electron chi connectivity index (χ0n) is 19.5. The number of halogens is 1. The molecule has 2 aliphatic carbocycles. The van der Waals surface area contributed by atoms with Gasteiger partial charge in [-0.05, 0) is 45.4 Å². The summed E-state index contributed by atoms with van der Waals surface area (Å²) in [6.45, 7) is 11.7. The summed E-state index contributed by atoms with van der Waals surface area (Å²) in [5, 5.41) is 6.54. The predicted molar refractivity (Wildman–Crippen MR) is 135 cm³/mol. The van der Waals surface area contributed by atoms with Gasteiger partial charge in [0, 0.05) is 45.8 Å². The Labute approximate surface area is 208 Å². The molecule has 6 atom stereocenters. The van der Waals surface area contributed by atoms with Gasteiger partial charge in [-0.15, -0.1) is 24.0 Å². The molecular weight excluding hydrogens is 521 g/mol. The first-order valence-corrected chi connectivity index (χ1v) is 11.9. The Balaban J connectivity index is 0.00000289. The van der Waals surface area contributed by atoms with E-state index in [1.165, 1.54) is 4.90 Å². The summed E-state index contributed by atoms with van der Waals surface area (Å²) >= 11 is 0. The second-order valence-corrected chi connectivity index (χ2v) is 9.39. The third kappa shape index (κ3) is 5.47. The van der Waals surface area contributed by atoms with Crippen LogP contribution in [-0.4, -0.2) is 85.6 Å². The molecule has 2 bridgehead atoms. The Morgan fingerprint density at radius 3 is 2.28 bits per heavy atom. The Morgan fingerprint density at radius 2 is 1.69 bits per heavy atom. The van der Waals surface area contributed by atoms with Crippen LogP contribution in [0.25, 0.3) is 0 Å². The number of carbonyl (C=O) groups excluding carboxylic acids is 2. The molecule has 2 N–H and O–H groups in total. The average Bonchev–Trinajstić information content (AvgIpc) is 3.40. The number of amides is 2. The maximum atomic E-state index is 12.8. The lowest BCUT2D eigenvalue weighted by Gasteiger charge is -2.35. The molecule has 4 rings (SSSR count). The van der Waals surface area contributed by atoms with Crippen molar-refractivity contribution in [2.75, 3.05) is 45.8 Å². The van der Waals surface area contributed by atoms with Crippen LogP contribution in [-0.2, 0) is 14.3 Å². The smallest absolute Gasteiger partial charge is 0.233 e. The van der Waals surface area contributed by atoms with Crippen molar-refractivity contribution in [2.45, 2.75) is 45.8 Å². The quantitative estimate of drug-likeness (QED) is 0.117. The topological polar surface area (TPSA) is 86.3 Å². The second-order valence-electron chi connectivity index (χ2n) is 9.39. The zero-order chi connectivity index (χ0) is 22.0. The van der Waals surface area contributed by atoms with E-state index < -0.39 is 0 Å². The Hall–Kier alpha value is -1.20. The summed E-state index contributed by atoms with van der Waals surface area (Å²) in [6.07, 6.45) is 6.79. The van der Waals surface area contributed by atoms with Gasteiger partial charge in [0.2, 0.25) is 11.8 Å². The number of hydrogen-bond acceptors (Lipinski definition) is 5. The number of likely N-dealkylation sites (tertiary alicyclic amines) is 1. The van der Waals surface area contributed by atoms with Crippen LogP contribution in [0.2, 0.25) is 0 Å². The molecule has 0 spiro atoms. The molecule has 2 amide bonds. The lowest BCUT2D eigenvalue weighted by molar-refractivity contribution is -0.140. The molecule has 0 radical (unpaired) electrons. The van der Waals surface area contributed by atoms with Crippen LogP contribution in [0, 0.1) is 23.7 Å². The molecule has 1 saturated carbocycles. The largest absolute Gasteiger partial charge is 0.373 e. The van der Waals surface area contributed by atoms with Crippen molar-refractivity contribution in [2.24, 2.45) is 28.7 Å². The molecule has 0 aromatic heterocycles. The third-order valence-electron chi connectivity index (χ3n) is 6.93. The van der Waals surface area contributed by atoms with Gasteiger partial charge < -0.3 is 15.4 Å². The van der Waals surface area contributed by atoms with Gasteiger partial charge in [0.1, 0.15) is 0 Å². The lowest BCUT2D eigenvalue weighted by atomic mass is 9.85. The monoisotopic (exact) mass is 559 g/mol. The van der Waals surface area contributed by atoms with Gasteiger partial charge >= 0.3 is 0 Å². The molecular formula is C23H38IN5O3. The van der Waals surface area contributed by atoms with Crippen molar-refractivity contribution in [1.29, 1.82) is 0 Å². The van der Waals surface area contributed by atoms with E-state index in [9.17, 15) is 9.59 Å². The van der Waals surface area contributed by atoms with Gasteiger partial charge in [0.15, 0.2) is 5.96 Å². The number of imide groups is 1. The van der Waals surface area contributed by atoms with E-state index in [4.69, 9.17) is 4.74 Å². The fourth-order valence-electron chi connectivity index (χ4n) is 5.76. The number of morpholine rings is 1. The molecule has 180 valence electrons. The zero-order valence-corrected chi connectivity index (χ0v) is 21.8. The minimum Gasteiger partial charge on any atom is -0.373 e. The van der Waals surface area contributed by atoms with Crippen LogP contribution in [0.1, 0.15) is 33.6 Å². The number of allylic oxidation sites excluding steroid dienone is 2. The number of carbonyl (C=O) groups is 2. The van der Waals surface area contributed by atoms with Crippen LogP contribution in [0.15, 0.2) is 17.1 Å². The van der Waals surface area contributed by atoms with Crippen LogP contribution < -0.4 is 10.6 Å². The normalized spacial score (nSPS) is 34.1. The molecule has 9 heteroatoms. The van der Waals surface area contributed by atoms with E-state index in [1.54, 1.807) is 0 Å². The second kappa shape index (κ2) is 11.3. The molecule has 32 heavy (non-hydrogen) atoms. The van der Waals surface area contributed by atoms with Crippen molar-refractivity contribution < 1.29 is 14.3 Å². The molecule has 3 fully saturated rings. The molecule has 4 aliphatic rings. The summed E-state index contributed by atoms with van der Waals surface area (Å²) in [5.74, 6) is 1.08. The first-order chi connectivity index (χ1) is 15.0. The molecule has 2 aliphatic heterocycles. The summed E-state index contributed by atoms with van der Waals surface area (Å²) in [7, 11) is 0. The lowest BCUT2D eigenvalue weighted by Crippen LogP contribution is -2.46. The first-order valence-electron chi connectivity index (χ1n) is 11.9. The van der Waals surface area contributed by atoms with Gasteiger partial charge in [-0.1, -0.05) is 12.2 Å². The highest BCUT2D eigenvalue weighted by Gasteiger charge is 2.58. The van der Waals surface area contributed by atoms with Gasteiger partial charge in [-0.3, -0.25) is 24.4 Å². The maximum Gasteiger partial charge on any atom is 0.233 e. The SMILES string of the molecule is CCNC(=NCCCN1CC(C)OC(C)C1)NCCN1C(=O)C2C3C=CC(C3)C2C1=O.I. The van der Waals surface area contributed by atoms with Crippen molar-refractivity contribution in [3.63, 3.8) is 0 Å². The van der Waals surface area contributed by atoms with Crippen molar-refractivity contribution in [3.8, 4) is 0 Å². The number of fused-ring (bicyclic) bond motifs is 5. The minimum atomic E-state index is -0.116. The fourth-order valence-corrected chi connectivity index (χ4v) is 5.76. The van der Waals surface area contributed by atoms with Crippen LogP contribution >= 0.6 is 24.0 Å². The highest BCUT2D eigenvalue weighted by Crippen LogP contribution is 2.52. The fraction of sp³-hybridized carbons (Fsp3) is 0.783. The molecule has 6 unspecified atom stereocenters. The average molecular weight is 559 g/mol. The highest BCUT2D eigenvalue weighted by molar-refractivity contribution is 14.0. The number of nitrogens with zero attached hydrogens (tertiary/aromatic N) is 3. The van der Waals surface area contributed by atoms with Crippen LogP contribution in [0.5, 0.6) is 0 Å². The molecule has 8 nitrogen and oxygen atoms in total. The van der Waals surface area contributed by atoms with Crippen molar-refractivity contribution >= 4 is 41.8 Å². The molecule has 2 heterocycles. The number of nitrogens with one attached hydrogen (secondary N) is 2. The Kier molecular flexibility index (Phi) is 8.97. The number of aliphatic imine (C=N–C) groups is 1. The standard InChI is InChI=1S/C23H37N5O3.HI/c1-4-24-23(25-8-5-10-27-13-15(2)31-16(3)14-27)26-9-11-28-21(29)19-17-6-7-18(12-17)20(19)22(28)30;/h6-7,15-20H,4-5,8-14H2,1-3H3,(H2,24,25,26);1H. The summed E-state index contributed by atoms with van der Waals surface area (Å²) < 4.78 is 5.79. The van der Waals surface area contributed by atoms with Gasteiger partial charge in [0.05, 0.1) is 24.0 Å². The van der Waals surface area contributed by atoms with Crippen LogP contribution in [0.3, 0.4) is 0 Å². The molecule has 0 aromatic carbocycles. The molecule has 2 saturated heterocycles. The Morgan fingerprint density at radius 1 is 1.06 bits per heavy atom.